The number of hydrogen-bond acceptors (Lipinski definition) is 4. The van der Waals surface area contributed by atoms with Crippen LogP contribution in [0.25, 0.3) is 0 Å². The summed E-state index contributed by atoms with van der Waals surface area (Å²) >= 11 is 0. The maximum atomic E-state index is 12.1. The Morgan fingerprint density at radius 1 is 1.19 bits per heavy atom. The minimum Gasteiger partial charge on any atom is -0.370 e. The Labute approximate surface area is 123 Å². The molecule has 21 heavy (non-hydrogen) atoms. The lowest BCUT2D eigenvalue weighted by Gasteiger charge is -2.26. The highest BCUT2D eigenvalue weighted by Gasteiger charge is 2.31. The van der Waals surface area contributed by atoms with E-state index in [1.165, 1.54) is 20.8 Å². The molecule has 9 nitrogen and oxygen atoms in total. The maximum absolute atomic E-state index is 12.1. The van der Waals surface area contributed by atoms with Gasteiger partial charge in [0.05, 0.1) is 0 Å². The lowest BCUT2D eigenvalue weighted by atomic mass is 10.0. The Morgan fingerprint density at radius 3 is 2.19 bits per heavy atom. The van der Waals surface area contributed by atoms with Crippen molar-refractivity contribution in [1.82, 2.24) is 10.6 Å². The number of aliphatic imine (C=N–C) groups is 1. The fraction of sp³-hybridized carbons (Fsp3) is 0.667. The molecule has 0 aromatic heterocycles. The molecule has 0 fully saturated rings. The largest absolute Gasteiger partial charge is 0.370 e. The molecule has 0 bridgehead atoms. The van der Waals surface area contributed by atoms with E-state index in [0.717, 1.165) is 0 Å². The Morgan fingerprint density at radius 2 is 1.76 bits per heavy atom. The third-order valence-corrected chi connectivity index (χ3v) is 2.65. The Hall–Kier alpha value is -2.32. The van der Waals surface area contributed by atoms with Crippen LogP contribution in [0.15, 0.2) is 4.99 Å². The van der Waals surface area contributed by atoms with Crippen LogP contribution in [-0.2, 0) is 14.4 Å². The quantitative estimate of drug-likeness (QED) is 0.197. The van der Waals surface area contributed by atoms with Crippen molar-refractivity contribution >= 4 is 23.7 Å². The molecule has 0 aromatic rings. The Bertz CT molecular complexity index is 429. The first kappa shape index (κ1) is 18.7. The van der Waals surface area contributed by atoms with Gasteiger partial charge < -0.3 is 27.8 Å². The van der Waals surface area contributed by atoms with Gasteiger partial charge in [-0.3, -0.25) is 19.4 Å². The van der Waals surface area contributed by atoms with Crippen molar-refractivity contribution < 1.29 is 14.4 Å². The third kappa shape index (κ3) is 7.75. The number of rotatable bonds is 8. The van der Waals surface area contributed by atoms with Crippen LogP contribution in [0.1, 0.15) is 33.6 Å². The van der Waals surface area contributed by atoms with E-state index in [1.807, 2.05) is 0 Å². The van der Waals surface area contributed by atoms with E-state index in [9.17, 15) is 14.4 Å². The van der Waals surface area contributed by atoms with Crippen molar-refractivity contribution in [2.24, 2.45) is 22.2 Å². The van der Waals surface area contributed by atoms with E-state index in [-0.39, 0.29) is 11.9 Å². The zero-order valence-corrected chi connectivity index (χ0v) is 12.6. The van der Waals surface area contributed by atoms with Crippen molar-refractivity contribution in [2.75, 3.05) is 6.54 Å². The van der Waals surface area contributed by atoms with Crippen molar-refractivity contribution in [3.8, 4) is 0 Å². The zero-order chi connectivity index (χ0) is 16.6. The summed E-state index contributed by atoms with van der Waals surface area (Å²) in [4.78, 5) is 38.2. The van der Waals surface area contributed by atoms with E-state index >= 15 is 0 Å². The molecule has 0 heterocycles. The van der Waals surface area contributed by atoms with Crippen LogP contribution in [0.3, 0.4) is 0 Å². The minimum atomic E-state index is -1.14. The molecule has 0 aliphatic carbocycles. The van der Waals surface area contributed by atoms with E-state index in [4.69, 9.17) is 17.2 Å². The monoisotopic (exact) mass is 300 g/mol. The molecule has 0 rings (SSSR count). The topological polar surface area (TPSA) is 166 Å². The number of hydrogen-bond donors (Lipinski definition) is 5. The van der Waals surface area contributed by atoms with Gasteiger partial charge in [0.2, 0.25) is 17.7 Å². The second kappa shape index (κ2) is 8.08. The molecule has 0 spiro atoms. The van der Waals surface area contributed by atoms with Gasteiger partial charge >= 0.3 is 0 Å². The van der Waals surface area contributed by atoms with Gasteiger partial charge in [-0.1, -0.05) is 0 Å². The first-order chi connectivity index (χ1) is 9.56. The highest BCUT2D eigenvalue weighted by Crippen LogP contribution is 2.05. The lowest BCUT2D eigenvalue weighted by Crippen LogP contribution is -2.58. The normalized spacial score (nSPS) is 12.1. The first-order valence-corrected chi connectivity index (χ1v) is 6.50. The number of nitrogens with one attached hydrogen (secondary N) is 2. The van der Waals surface area contributed by atoms with Crippen molar-refractivity contribution in [1.29, 1.82) is 0 Å². The molecule has 0 aliphatic heterocycles. The van der Waals surface area contributed by atoms with Crippen LogP contribution < -0.4 is 27.8 Å². The summed E-state index contributed by atoms with van der Waals surface area (Å²) in [6.07, 6.45) is 0.778. The van der Waals surface area contributed by atoms with Crippen LogP contribution >= 0.6 is 0 Å². The molecule has 0 aliphatic rings. The van der Waals surface area contributed by atoms with E-state index in [0.29, 0.717) is 19.4 Å². The fourth-order valence-corrected chi connectivity index (χ4v) is 1.62. The average Bonchev–Trinajstić information content (AvgIpc) is 2.30. The SMILES string of the molecule is CC(=O)NC(C)(C)C(=O)NC(CCCN=C(N)N)C(N)=O. The molecule has 0 saturated carbocycles. The molecule has 3 amide bonds. The maximum Gasteiger partial charge on any atom is 0.245 e. The second-order valence-corrected chi connectivity index (χ2v) is 5.18. The molecular weight excluding hydrogens is 276 g/mol. The predicted molar refractivity (Wildman–Crippen MR) is 78.9 cm³/mol. The number of primary amides is 1. The highest BCUT2D eigenvalue weighted by atomic mass is 16.2. The molecule has 1 unspecified atom stereocenters. The summed E-state index contributed by atoms with van der Waals surface area (Å²) in [5.74, 6) is -1.55. The van der Waals surface area contributed by atoms with Gasteiger partial charge in [-0.2, -0.15) is 0 Å². The Kier molecular flexibility index (Phi) is 7.18. The molecule has 9 heteroatoms. The number of carbonyl (C=O) groups is 3. The fourth-order valence-electron chi connectivity index (χ4n) is 1.62. The second-order valence-electron chi connectivity index (χ2n) is 5.18. The van der Waals surface area contributed by atoms with Gasteiger partial charge in [0.25, 0.3) is 0 Å². The van der Waals surface area contributed by atoms with Crippen LogP contribution in [0, 0.1) is 0 Å². The molecule has 8 N–H and O–H groups in total. The van der Waals surface area contributed by atoms with Crippen molar-refractivity contribution in [2.45, 2.75) is 45.2 Å². The van der Waals surface area contributed by atoms with E-state index in [2.05, 4.69) is 15.6 Å². The van der Waals surface area contributed by atoms with Crippen LogP contribution in [0.4, 0.5) is 0 Å². The summed E-state index contributed by atoms with van der Waals surface area (Å²) in [7, 11) is 0. The van der Waals surface area contributed by atoms with E-state index in [1.54, 1.807) is 0 Å². The van der Waals surface area contributed by atoms with Gasteiger partial charge in [-0.15, -0.1) is 0 Å². The molecular formula is C12H24N6O3. The number of carbonyl (C=O) groups excluding carboxylic acids is 3. The zero-order valence-electron chi connectivity index (χ0n) is 12.6. The van der Waals surface area contributed by atoms with Gasteiger partial charge in [0.1, 0.15) is 11.6 Å². The highest BCUT2D eigenvalue weighted by molar-refractivity contribution is 5.93. The smallest absolute Gasteiger partial charge is 0.245 e. The summed E-state index contributed by atoms with van der Waals surface area (Å²) in [5.41, 5.74) is 14.5. The molecule has 0 saturated heterocycles. The summed E-state index contributed by atoms with van der Waals surface area (Å²) in [6, 6.07) is -0.847. The number of guanidine groups is 1. The molecule has 0 aromatic carbocycles. The van der Waals surface area contributed by atoms with Crippen LogP contribution in [-0.4, -0.2) is 41.8 Å². The standard InChI is InChI=1S/C12H24N6O3/c1-7(19)18-12(2,3)10(21)17-8(9(13)20)5-4-6-16-11(14)15/h8H,4-6H2,1-3H3,(H2,13,20)(H,17,21)(H,18,19)(H4,14,15,16). The minimum absolute atomic E-state index is 0.0403. The van der Waals surface area contributed by atoms with Gasteiger partial charge in [0, 0.05) is 13.5 Å². The number of nitrogens with zero attached hydrogens (tertiary/aromatic N) is 1. The molecule has 120 valence electrons. The van der Waals surface area contributed by atoms with E-state index < -0.39 is 23.4 Å². The summed E-state index contributed by atoms with van der Waals surface area (Å²) < 4.78 is 0. The predicted octanol–water partition coefficient (Wildman–Crippen LogP) is -2.08. The van der Waals surface area contributed by atoms with Crippen LogP contribution in [0.2, 0.25) is 0 Å². The van der Waals surface area contributed by atoms with Gasteiger partial charge in [-0.25, -0.2) is 0 Å². The van der Waals surface area contributed by atoms with Crippen molar-refractivity contribution in [3.63, 3.8) is 0 Å². The first-order valence-electron chi connectivity index (χ1n) is 6.50. The molecule has 0 radical (unpaired) electrons. The van der Waals surface area contributed by atoms with Crippen LogP contribution in [0.5, 0.6) is 0 Å². The number of nitrogens with two attached hydrogens (primary N) is 3. The van der Waals surface area contributed by atoms with Gasteiger partial charge in [-0.05, 0) is 26.7 Å². The molecule has 1 atom stereocenters. The summed E-state index contributed by atoms with van der Waals surface area (Å²) in [5, 5.41) is 5.00. The van der Waals surface area contributed by atoms with Gasteiger partial charge in [0.15, 0.2) is 5.96 Å². The third-order valence-electron chi connectivity index (χ3n) is 2.65. The summed E-state index contributed by atoms with van der Waals surface area (Å²) in [6.45, 7) is 4.69. The average molecular weight is 300 g/mol. The number of amides is 3. The lowest BCUT2D eigenvalue weighted by molar-refractivity contribution is -0.134. The van der Waals surface area contributed by atoms with Crippen molar-refractivity contribution in [3.05, 3.63) is 0 Å². The Balaban J connectivity index is 4.56.